The fourth-order valence-corrected chi connectivity index (χ4v) is 1.92. The highest BCUT2D eigenvalue weighted by Crippen LogP contribution is 2.26. The third-order valence-corrected chi connectivity index (χ3v) is 2.60. The van der Waals surface area contributed by atoms with E-state index in [1.807, 2.05) is 11.8 Å². The molecule has 1 heterocycles. The summed E-state index contributed by atoms with van der Waals surface area (Å²) in [6.07, 6.45) is 2.19. The van der Waals surface area contributed by atoms with Crippen molar-refractivity contribution in [2.24, 2.45) is 0 Å². The lowest BCUT2D eigenvalue weighted by Gasteiger charge is -1.88. The van der Waals surface area contributed by atoms with E-state index in [-0.39, 0.29) is 0 Å². The van der Waals surface area contributed by atoms with Gasteiger partial charge in [0, 0.05) is 11.0 Å². The summed E-state index contributed by atoms with van der Waals surface area (Å²) in [5.41, 5.74) is 0. The minimum atomic E-state index is 0.519. The molecule has 0 nitrogen and oxygen atoms in total. The van der Waals surface area contributed by atoms with E-state index in [0.717, 1.165) is 5.75 Å². The van der Waals surface area contributed by atoms with Gasteiger partial charge in [0.05, 0.1) is 0 Å². The molecule has 1 aliphatic rings. The number of thiol groups is 1. The predicted octanol–water partition coefficient (Wildman–Crippen LogP) is 1.94. The molecule has 1 atom stereocenters. The number of hydrogen-bond acceptors (Lipinski definition) is 2. The summed E-state index contributed by atoms with van der Waals surface area (Å²) in [6, 6.07) is 0. The minimum Gasteiger partial charge on any atom is -0.171 e. The zero-order valence-corrected chi connectivity index (χ0v) is 5.93. The van der Waals surface area contributed by atoms with Gasteiger partial charge in [-0.25, -0.2) is 0 Å². The highest BCUT2D eigenvalue weighted by molar-refractivity contribution is 8.04. The van der Waals surface area contributed by atoms with Crippen LogP contribution in [0.3, 0.4) is 0 Å². The summed E-state index contributed by atoms with van der Waals surface area (Å²) in [5, 5.41) is 0.519. The first-order chi connectivity index (χ1) is 3.29. The SMILES string of the molecule is CC1=CC(S)CS1. The van der Waals surface area contributed by atoms with E-state index in [4.69, 9.17) is 0 Å². The van der Waals surface area contributed by atoms with Gasteiger partial charge in [-0.3, -0.25) is 0 Å². The molecule has 7 heavy (non-hydrogen) atoms. The van der Waals surface area contributed by atoms with Gasteiger partial charge in [-0.1, -0.05) is 6.08 Å². The lowest BCUT2D eigenvalue weighted by molar-refractivity contribution is 1.30. The van der Waals surface area contributed by atoms with Crippen molar-refractivity contribution in [2.45, 2.75) is 12.2 Å². The lowest BCUT2D eigenvalue weighted by Crippen LogP contribution is -1.88. The molecule has 0 fully saturated rings. The molecule has 2 heteroatoms. The highest BCUT2D eigenvalue weighted by Gasteiger charge is 2.07. The predicted molar refractivity (Wildman–Crippen MR) is 39.0 cm³/mol. The summed E-state index contributed by atoms with van der Waals surface area (Å²) in [6.45, 7) is 2.13. The van der Waals surface area contributed by atoms with Crippen LogP contribution in [-0.2, 0) is 0 Å². The Balaban J connectivity index is 2.50. The normalized spacial score (nSPS) is 30.6. The monoisotopic (exact) mass is 132 g/mol. The molecule has 1 aliphatic heterocycles. The average Bonchev–Trinajstić information content (AvgIpc) is 1.87. The van der Waals surface area contributed by atoms with Crippen molar-refractivity contribution in [3.63, 3.8) is 0 Å². The third kappa shape index (κ3) is 1.42. The van der Waals surface area contributed by atoms with Crippen molar-refractivity contribution < 1.29 is 0 Å². The van der Waals surface area contributed by atoms with Gasteiger partial charge in [-0.05, 0) is 11.8 Å². The van der Waals surface area contributed by atoms with Crippen molar-refractivity contribution in [3.8, 4) is 0 Å². The van der Waals surface area contributed by atoms with Crippen LogP contribution in [0.15, 0.2) is 11.0 Å². The molecule has 1 rings (SSSR count). The van der Waals surface area contributed by atoms with Gasteiger partial charge in [0.1, 0.15) is 0 Å². The summed E-state index contributed by atoms with van der Waals surface area (Å²) >= 11 is 6.14. The second-order valence-electron chi connectivity index (χ2n) is 1.66. The Morgan fingerprint density at radius 2 is 2.71 bits per heavy atom. The maximum atomic E-state index is 4.25. The minimum absolute atomic E-state index is 0.519. The zero-order valence-electron chi connectivity index (χ0n) is 4.22. The fourth-order valence-electron chi connectivity index (χ4n) is 0.584. The first-order valence-corrected chi connectivity index (χ1v) is 3.78. The molecular formula is C5H8S2. The topological polar surface area (TPSA) is 0 Å². The van der Waals surface area contributed by atoms with Crippen molar-refractivity contribution in [3.05, 3.63) is 11.0 Å². The van der Waals surface area contributed by atoms with Crippen LogP contribution in [-0.4, -0.2) is 11.0 Å². The fraction of sp³-hybridized carbons (Fsp3) is 0.600. The zero-order chi connectivity index (χ0) is 5.28. The van der Waals surface area contributed by atoms with Crippen LogP contribution < -0.4 is 0 Å². The van der Waals surface area contributed by atoms with Gasteiger partial charge in [0.15, 0.2) is 0 Å². The molecule has 0 saturated carbocycles. The van der Waals surface area contributed by atoms with E-state index in [0.29, 0.717) is 5.25 Å². The first kappa shape index (κ1) is 5.57. The molecule has 40 valence electrons. The molecule has 0 N–H and O–H groups in total. The summed E-state index contributed by atoms with van der Waals surface area (Å²) in [5.74, 6) is 1.16. The molecule has 0 aromatic heterocycles. The van der Waals surface area contributed by atoms with Crippen LogP contribution in [0, 0.1) is 0 Å². The molecule has 0 radical (unpaired) electrons. The quantitative estimate of drug-likeness (QED) is 0.491. The summed E-state index contributed by atoms with van der Waals surface area (Å²) < 4.78 is 0. The van der Waals surface area contributed by atoms with E-state index in [1.165, 1.54) is 4.91 Å². The van der Waals surface area contributed by atoms with Gasteiger partial charge in [0.25, 0.3) is 0 Å². The lowest BCUT2D eigenvalue weighted by atomic mass is 10.4. The maximum Gasteiger partial charge on any atom is 0.0301 e. The number of rotatable bonds is 0. The van der Waals surface area contributed by atoms with Crippen molar-refractivity contribution in [2.75, 3.05) is 5.75 Å². The Morgan fingerprint density at radius 1 is 2.00 bits per heavy atom. The van der Waals surface area contributed by atoms with E-state index in [1.54, 1.807) is 0 Å². The first-order valence-electron chi connectivity index (χ1n) is 2.28. The van der Waals surface area contributed by atoms with Crippen LogP contribution >= 0.6 is 24.4 Å². The Morgan fingerprint density at radius 3 is 2.86 bits per heavy atom. The van der Waals surface area contributed by atoms with E-state index >= 15 is 0 Å². The number of hydrogen-bond donors (Lipinski definition) is 1. The van der Waals surface area contributed by atoms with Gasteiger partial charge in [0.2, 0.25) is 0 Å². The van der Waals surface area contributed by atoms with Crippen LogP contribution in [0.1, 0.15) is 6.92 Å². The van der Waals surface area contributed by atoms with E-state index < -0.39 is 0 Å². The molecule has 0 spiro atoms. The molecule has 0 aliphatic carbocycles. The molecular weight excluding hydrogens is 124 g/mol. The van der Waals surface area contributed by atoms with Gasteiger partial charge < -0.3 is 0 Å². The highest BCUT2D eigenvalue weighted by atomic mass is 32.2. The number of allylic oxidation sites excluding steroid dienone is 1. The van der Waals surface area contributed by atoms with Crippen LogP contribution in [0.5, 0.6) is 0 Å². The smallest absolute Gasteiger partial charge is 0.0301 e. The second-order valence-corrected chi connectivity index (χ2v) is 3.58. The summed E-state index contributed by atoms with van der Waals surface area (Å²) in [7, 11) is 0. The Labute approximate surface area is 53.8 Å². The van der Waals surface area contributed by atoms with Gasteiger partial charge in [-0.15, -0.1) is 11.8 Å². The van der Waals surface area contributed by atoms with E-state index in [9.17, 15) is 0 Å². The van der Waals surface area contributed by atoms with E-state index in [2.05, 4.69) is 25.6 Å². The Bertz CT molecular complexity index is 96.3. The molecule has 0 saturated heterocycles. The maximum absolute atomic E-state index is 4.25. The van der Waals surface area contributed by atoms with Gasteiger partial charge in [-0.2, -0.15) is 12.6 Å². The van der Waals surface area contributed by atoms with Crippen LogP contribution in [0.25, 0.3) is 0 Å². The molecule has 0 amide bonds. The van der Waals surface area contributed by atoms with Crippen LogP contribution in [0.2, 0.25) is 0 Å². The molecule has 0 aromatic rings. The molecule has 0 bridgehead atoms. The average molecular weight is 132 g/mol. The van der Waals surface area contributed by atoms with Gasteiger partial charge >= 0.3 is 0 Å². The Kier molecular flexibility index (Phi) is 1.70. The summed E-state index contributed by atoms with van der Waals surface area (Å²) in [4.78, 5) is 1.42. The second kappa shape index (κ2) is 2.14. The third-order valence-electron chi connectivity index (χ3n) is 0.909. The largest absolute Gasteiger partial charge is 0.171 e. The van der Waals surface area contributed by atoms with Crippen molar-refractivity contribution in [1.82, 2.24) is 0 Å². The Hall–Kier alpha value is 0.440. The van der Waals surface area contributed by atoms with Crippen molar-refractivity contribution >= 4 is 24.4 Å². The number of thioether (sulfide) groups is 1. The standard InChI is InChI=1S/C5H8S2/c1-4-2-5(6)3-7-4/h2,5-6H,3H2,1H3. The molecule has 0 aromatic carbocycles. The van der Waals surface area contributed by atoms with Crippen LogP contribution in [0.4, 0.5) is 0 Å². The van der Waals surface area contributed by atoms with Crippen molar-refractivity contribution in [1.29, 1.82) is 0 Å². The molecule has 1 unspecified atom stereocenters.